The van der Waals surface area contributed by atoms with Gasteiger partial charge in [0, 0.05) is 47.1 Å². The van der Waals surface area contributed by atoms with Crippen LogP contribution in [0.15, 0.2) is 163 Å². The van der Waals surface area contributed by atoms with Gasteiger partial charge < -0.3 is 9.88 Å². The van der Waals surface area contributed by atoms with Crippen LogP contribution in [0.1, 0.15) is 10.9 Å². The second-order valence-corrected chi connectivity index (χ2v) is 14.3. The molecule has 10 rings (SSSR count). The first-order valence-electron chi connectivity index (χ1n) is 16.0. The Hall–Kier alpha value is -5.29. The number of anilines is 1. The van der Waals surface area contributed by atoms with E-state index in [-0.39, 0.29) is 5.37 Å². The maximum Gasteiger partial charge on any atom is 0.103 e. The van der Waals surface area contributed by atoms with Gasteiger partial charge >= 0.3 is 0 Å². The number of benzene rings is 7. The summed E-state index contributed by atoms with van der Waals surface area (Å²) in [6, 6.07) is 57.5. The molecular formula is C43H28N2S2. The standard InChI is InChI=1S/C43H28N2S2/c1-2-11-27(12-3-1)29-13-10-14-30(25-29)35-26-39-41(40-34-17-6-9-20-38(34)46-42(35)40)44-43(47-39)28-21-23-31(24-22-28)45-36-18-7-4-15-32(36)33-16-5-8-19-37(33)45/h1-26,43-44H. The van der Waals surface area contributed by atoms with Crippen molar-refractivity contribution in [2.24, 2.45) is 0 Å². The average Bonchev–Trinajstić information content (AvgIpc) is 3.84. The summed E-state index contributed by atoms with van der Waals surface area (Å²) in [7, 11) is 0. The van der Waals surface area contributed by atoms with E-state index in [1.165, 1.54) is 86.1 Å². The molecule has 4 heteroatoms. The van der Waals surface area contributed by atoms with Gasteiger partial charge in [-0.2, -0.15) is 0 Å². The predicted octanol–water partition coefficient (Wildman–Crippen LogP) is 12.7. The number of nitrogens with one attached hydrogen (secondary N) is 1. The van der Waals surface area contributed by atoms with Gasteiger partial charge in [-0.05, 0) is 64.7 Å². The summed E-state index contributed by atoms with van der Waals surface area (Å²) in [5.74, 6) is 0. The third-order valence-corrected chi connectivity index (χ3v) is 11.9. The molecule has 0 aliphatic carbocycles. The van der Waals surface area contributed by atoms with Gasteiger partial charge in [-0.1, -0.05) is 127 Å². The molecule has 1 N–H and O–H groups in total. The van der Waals surface area contributed by atoms with E-state index in [1.807, 2.05) is 23.1 Å². The largest absolute Gasteiger partial charge is 0.368 e. The molecule has 1 atom stereocenters. The van der Waals surface area contributed by atoms with Crippen molar-refractivity contribution in [2.45, 2.75) is 10.3 Å². The van der Waals surface area contributed by atoms with Gasteiger partial charge in [-0.15, -0.1) is 11.3 Å². The van der Waals surface area contributed by atoms with E-state index in [4.69, 9.17) is 0 Å². The Morgan fingerprint density at radius 2 is 1.17 bits per heavy atom. The first-order chi connectivity index (χ1) is 23.3. The van der Waals surface area contributed by atoms with Crippen LogP contribution in [0, 0.1) is 0 Å². The van der Waals surface area contributed by atoms with Crippen molar-refractivity contribution in [2.75, 3.05) is 5.32 Å². The zero-order chi connectivity index (χ0) is 30.9. The number of nitrogens with zero attached hydrogens (tertiary/aromatic N) is 1. The molecule has 2 aromatic heterocycles. The maximum absolute atomic E-state index is 3.96. The number of rotatable bonds is 4. The van der Waals surface area contributed by atoms with Crippen LogP contribution in [0.2, 0.25) is 0 Å². The Kier molecular flexibility index (Phi) is 6.08. The lowest BCUT2D eigenvalue weighted by atomic mass is 9.97. The Labute approximate surface area is 280 Å². The van der Waals surface area contributed by atoms with Crippen LogP contribution in [-0.2, 0) is 0 Å². The molecule has 2 nitrogen and oxygen atoms in total. The molecule has 0 amide bonds. The Morgan fingerprint density at radius 3 is 1.94 bits per heavy atom. The van der Waals surface area contributed by atoms with Gasteiger partial charge in [0.15, 0.2) is 0 Å². The second-order valence-electron chi connectivity index (χ2n) is 12.1. The van der Waals surface area contributed by atoms with Crippen LogP contribution in [0.3, 0.4) is 0 Å². The third kappa shape index (κ3) is 4.26. The minimum absolute atomic E-state index is 0.130. The number of thioether (sulfide) groups is 1. The summed E-state index contributed by atoms with van der Waals surface area (Å²) in [4.78, 5) is 1.30. The highest BCUT2D eigenvalue weighted by Gasteiger charge is 2.28. The van der Waals surface area contributed by atoms with Gasteiger partial charge in [0.2, 0.25) is 0 Å². The lowest BCUT2D eigenvalue weighted by molar-refractivity contribution is 1.12. The third-order valence-electron chi connectivity index (χ3n) is 9.45. The second kappa shape index (κ2) is 10.6. The molecule has 0 bridgehead atoms. The molecule has 0 saturated carbocycles. The number of para-hydroxylation sites is 2. The van der Waals surface area contributed by atoms with E-state index in [9.17, 15) is 0 Å². The molecular weight excluding hydrogens is 609 g/mol. The highest BCUT2D eigenvalue weighted by Crippen LogP contribution is 2.55. The van der Waals surface area contributed by atoms with Crippen LogP contribution in [0.25, 0.3) is 69.9 Å². The normalized spacial score (nSPS) is 14.3. The molecule has 0 fully saturated rings. The fourth-order valence-corrected chi connectivity index (χ4v) is 9.70. The number of aromatic nitrogens is 1. The van der Waals surface area contributed by atoms with E-state index >= 15 is 0 Å². The molecule has 222 valence electrons. The van der Waals surface area contributed by atoms with Crippen molar-refractivity contribution in [3.05, 3.63) is 163 Å². The lowest BCUT2D eigenvalue weighted by Gasteiger charge is -2.13. The van der Waals surface area contributed by atoms with Crippen LogP contribution in [0.4, 0.5) is 5.69 Å². The average molecular weight is 637 g/mol. The summed E-state index contributed by atoms with van der Waals surface area (Å²) in [6.07, 6.45) is 0. The molecule has 0 saturated heterocycles. The first kappa shape index (κ1) is 26.9. The summed E-state index contributed by atoms with van der Waals surface area (Å²) >= 11 is 3.82. The smallest absolute Gasteiger partial charge is 0.103 e. The Bertz CT molecular complexity index is 2580. The van der Waals surface area contributed by atoms with E-state index < -0.39 is 0 Å². The minimum Gasteiger partial charge on any atom is -0.368 e. The van der Waals surface area contributed by atoms with Crippen molar-refractivity contribution in [1.82, 2.24) is 4.57 Å². The molecule has 1 unspecified atom stereocenters. The highest BCUT2D eigenvalue weighted by atomic mass is 32.2. The van der Waals surface area contributed by atoms with E-state index in [0.717, 1.165) is 0 Å². The molecule has 9 aromatic rings. The lowest BCUT2D eigenvalue weighted by Crippen LogP contribution is -2.02. The molecule has 3 heterocycles. The zero-order valence-electron chi connectivity index (χ0n) is 25.4. The van der Waals surface area contributed by atoms with Crippen molar-refractivity contribution in [3.8, 4) is 27.9 Å². The molecule has 0 spiro atoms. The predicted molar refractivity (Wildman–Crippen MR) is 203 cm³/mol. The molecule has 0 radical (unpaired) electrons. The van der Waals surface area contributed by atoms with E-state index in [0.29, 0.717) is 0 Å². The first-order valence-corrected chi connectivity index (χ1v) is 17.7. The Morgan fingerprint density at radius 1 is 0.532 bits per heavy atom. The zero-order valence-corrected chi connectivity index (χ0v) is 27.0. The number of thiophene rings is 1. The number of fused-ring (bicyclic) bond motifs is 8. The van der Waals surface area contributed by atoms with Crippen LogP contribution < -0.4 is 5.32 Å². The molecule has 47 heavy (non-hydrogen) atoms. The highest BCUT2D eigenvalue weighted by molar-refractivity contribution is 8.00. The minimum atomic E-state index is 0.130. The van der Waals surface area contributed by atoms with E-state index in [2.05, 4.69) is 168 Å². The van der Waals surface area contributed by atoms with Crippen LogP contribution in [-0.4, -0.2) is 4.57 Å². The van der Waals surface area contributed by atoms with Crippen molar-refractivity contribution >= 4 is 70.8 Å². The van der Waals surface area contributed by atoms with Crippen molar-refractivity contribution < 1.29 is 0 Å². The monoisotopic (exact) mass is 636 g/mol. The van der Waals surface area contributed by atoms with Gasteiger partial charge in [-0.3, -0.25) is 0 Å². The Balaban J connectivity index is 1.07. The van der Waals surface area contributed by atoms with Gasteiger partial charge in [-0.25, -0.2) is 0 Å². The number of hydrogen-bond acceptors (Lipinski definition) is 3. The van der Waals surface area contributed by atoms with E-state index in [1.54, 1.807) is 0 Å². The number of hydrogen-bond donors (Lipinski definition) is 1. The van der Waals surface area contributed by atoms with Crippen LogP contribution >= 0.6 is 23.1 Å². The maximum atomic E-state index is 3.96. The molecule has 7 aromatic carbocycles. The molecule has 1 aliphatic heterocycles. The summed E-state index contributed by atoms with van der Waals surface area (Å²) in [5, 5.41) is 9.32. The topological polar surface area (TPSA) is 17.0 Å². The van der Waals surface area contributed by atoms with Gasteiger partial charge in [0.25, 0.3) is 0 Å². The fourth-order valence-electron chi connectivity index (χ4n) is 7.26. The van der Waals surface area contributed by atoms with Crippen LogP contribution in [0.5, 0.6) is 0 Å². The SMILES string of the molecule is c1ccc(-c2cccc(-c3cc4c(c5c3sc3ccccc35)NC(c3ccc(-n5c6ccccc6c6ccccc65)cc3)S4)c2)cc1. The molecule has 1 aliphatic rings. The summed E-state index contributed by atoms with van der Waals surface area (Å²) < 4.78 is 5.04. The summed E-state index contributed by atoms with van der Waals surface area (Å²) in [5.41, 5.74) is 11.2. The van der Waals surface area contributed by atoms with Gasteiger partial charge in [0.05, 0.1) is 16.7 Å². The van der Waals surface area contributed by atoms with Crippen molar-refractivity contribution in [3.63, 3.8) is 0 Å². The quantitative estimate of drug-likeness (QED) is 0.207. The van der Waals surface area contributed by atoms with Crippen molar-refractivity contribution in [1.29, 1.82) is 0 Å². The van der Waals surface area contributed by atoms with Gasteiger partial charge in [0.1, 0.15) is 5.37 Å². The summed E-state index contributed by atoms with van der Waals surface area (Å²) in [6.45, 7) is 0. The fraction of sp³-hybridized carbons (Fsp3) is 0.0233.